The third kappa shape index (κ3) is 6.05. The molecule has 1 aromatic heterocycles. The van der Waals surface area contributed by atoms with Crippen molar-refractivity contribution in [2.45, 2.75) is 6.92 Å². The van der Waals surface area contributed by atoms with Crippen LogP contribution in [0.25, 0.3) is 10.1 Å². The minimum Gasteiger partial charge on any atom is -0.493 e. The number of hydrogen-bond donors (Lipinski definition) is 1. The summed E-state index contributed by atoms with van der Waals surface area (Å²) < 4.78 is 16.9. The number of carbonyl (C=O) groups excluding carboxylic acids is 2. The van der Waals surface area contributed by atoms with Crippen LogP contribution in [0.15, 0.2) is 46.0 Å². The van der Waals surface area contributed by atoms with E-state index in [-0.39, 0.29) is 18.9 Å². The number of nitrogens with zero attached hydrogens (tertiary/aromatic N) is 2. The molecule has 0 aliphatic carbocycles. The molecule has 0 atom stereocenters. The Hall–Kier alpha value is -3.51. The third-order valence-electron chi connectivity index (χ3n) is 4.24. The van der Waals surface area contributed by atoms with E-state index in [2.05, 4.69) is 26.5 Å². The van der Waals surface area contributed by atoms with Gasteiger partial charge in [0.1, 0.15) is 0 Å². The summed E-state index contributed by atoms with van der Waals surface area (Å²) in [6, 6.07) is 9.23. The van der Waals surface area contributed by atoms with Crippen molar-refractivity contribution in [2.24, 2.45) is 5.10 Å². The van der Waals surface area contributed by atoms with Crippen molar-refractivity contribution in [3.8, 4) is 11.5 Å². The fourth-order valence-corrected chi connectivity index (χ4v) is 4.09. The molecule has 0 spiro atoms. The summed E-state index contributed by atoms with van der Waals surface area (Å²) >= 11 is 4.60. The molecular formula is C21H18BrN3O7S. The Morgan fingerprint density at radius 3 is 2.73 bits per heavy atom. The number of ether oxygens (including phenoxy) is 3. The van der Waals surface area contributed by atoms with E-state index in [0.29, 0.717) is 31.8 Å². The van der Waals surface area contributed by atoms with Gasteiger partial charge in [-0.2, -0.15) is 5.10 Å². The summed E-state index contributed by atoms with van der Waals surface area (Å²) in [6.07, 6.45) is 1.41. The molecule has 0 saturated carbocycles. The molecule has 3 rings (SSSR count). The number of hydrogen-bond acceptors (Lipinski definition) is 9. The number of halogens is 1. The van der Waals surface area contributed by atoms with Gasteiger partial charge >= 0.3 is 5.97 Å². The summed E-state index contributed by atoms with van der Waals surface area (Å²) in [5, 5.41) is 15.5. The predicted octanol–water partition coefficient (Wildman–Crippen LogP) is 4.29. The zero-order valence-corrected chi connectivity index (χ0v) is 19.9. The Balaban J connectivity index is 1.70. The Kier molecular flexibility index (Phi) is 7.96. The summed E-state index contributed by atoms with van der Waals surface area (Å²) in [4.78, 5) is 34.7. The smallest absolute Gasteiger partial charge is 0.344 e. The van der Waals surface area contributed by atoms with Crippen LogP contribution in [0, 0.1) is 10.1 Å². The summed E-state index contributed by atoms with van der Waals surface area (Å²) in [5.41, 5.74) is 2.98. The lowest BCUT2D eigenvalue weighted by Crippen LogP contribution is -2.16. The number of carbonyl (C=O) groups is 2. The highest BCUT2D eigenvalue weighted by molar-refractivity contribution is 9.10. The fraction of sp³-hybridized carbons (Fsp3) is 0.190. The van der Waals surface area contributed by atoms with Gasteiger partial charge in [0.15, 0.2) is 18.1 Å². The number of non-ortho nitro benzene ring substituents is 1. The van der Waals surface area contributed by atoms with Crippen LogP contribution in [0.1, 0.15) is 22.2 Å². The molecule has 0 radical (unpaired) electrons. The van der Waals surface area contributed by atoms with Crippen LogP contribution in [0.3, 0.4) is 0 Å². The van der Waals surface area contributed by atoms with Crippen LogP contribution >= 0.6 is 27.3 Å². The van der Waals surface area contributed by atoms with Gasteiger partial charge in [0.25, 0.3) is 11.6 Å². The number of nitrogens with one attached hydrogen (secondary N) is 1. The topological polar surface area (TPSA) is 129 Å². The van der Waals surface area contributed by atoms with E-state index in [1.54, 1.807) is 31.2 Å². The fourth-order valence-electron chi connectivity index (χ4n) is 2.73. The summed E-state index contributed by atoms with van der Waals surface area (Å²) in [5.74, 6) is -0.258. The average Bonchev–Trinajstić information content (AvgIpc) is 3.22. The lowest BCUT2D eigenvalue weighted by Gasteiger charge is -2.12. The van der Waals surface area contributed by atoms with Gasteiger partial charge in [0.05, 0.1) is 29.7 Å². The first kappa shape index (κ1) is 24.1. The summed E-state index contributed by atoms with van der Waals surface area (Å²) in [6.45, 7) is 1.69. The van der Waals surface area contributed by atoms with Crippen molar-refractivity contribution in [3.05, 3.63) is 61.4 Å². The van der Waals surface area contributed by atoms with Gasteiger partial charge in [-0.25, -0.2) is 10.2 Å². The minimum atomic E-state index is -0.500. The molecule has 0 bridgehead atoms. The van der Waals surface area contributed by atoms with Crippen molar-refractivity contribution in [1.29, 1.82) is 0 Å². The molecular weight excluding hydrogens is 518 g/mol. The van der Waals surface area contributed by atoms with Gasteiger partial charge < -0.3 is 14.2 Å². The monoisotopic (exact) mass is 535 g/mol. The zero-order valence-electron chi connectivity index (χ0n) is 17.5. The Morgan fingerprint density at radius 1 is 1.24 bits per heavy atom. The second-order valence-electron chi connectivity index (χ2n) is 6.41. The molecule has 3 aromatic rings. The highest BCUT2D eigenvalue weighted by Gasteiger charge is 2.14. The first-order valence-electron chi connectivity index (χ1n) is 9.49. The first-order valence-corrected chi connectivity index (χ1v) is 11.1. The van der Waals surface area contributed by atoms with Crippen LogP contribution < -0.4 is 14.9 Å². The van der Waals surface area contributed by atoms with E-state index in [1.165, 1.54) is 36.8 Å². The normalized spacial score (nSPS) is 10.9. The molecule has 0 fully saturated rings. The molecule has 1 heterocycles. The van der Waals surface area contributed by atoms with E-state index in [9.17, 15) is 19.7 Å². The van der Waals surface area contributed by atoms with Crippen molar-refractivity contribution in [2.75, 3.05) is 20.3 Å². The van der Waals surface area contributed by atoms with E-state index in [0.717, 1.165) is 4.70 Å². The van der Waals surface area contributed by atoms with Gasteiger partial charge in [0.2, 0.25) is 0 Å². The molecule has 0 aliphatic heterocycles. The van der Waals surface area contributed by atoms with Gasteiger partial charge in [-0.05, 0) is 47.1 Å². The Morgan fingerprint density at radius 2 is 2.03 bits per heavy atom. The lowest BCUT2D eigenvalue weighted by atomic mass is 10.2. The van der Waals surface area contributed by atoms with Crippen molar-refractivity contribution in [1.82, 2.24) is 5.43 Å². The highest BCUT2D eigenvalue weighted by atomic mass is 79.9. The van der Waals surface area contributed by atoms with Crippen LogP contribution in [0.5, 0.6) is 11.5 Å². The molecule has 0 unspecified atom stereocenters. The number of esters is 1. The van der Waals surface area contributed by atoms with Gasteiger partial charge in [-0.1, -0.05) is 0 Å². The maximum Gasteiger partial charge on any atom is 0.344 e. The van der Waals surface area contributed by atoms with Gasteiger partial charge in [-0.15, -0.1) is 11.3 Å². The van der Waals surface area contributed by atoms with Crippen LogP contribution in [0.4, 0.5) is 5.69 Å². The molecule has 1 amide bonds. The van der Waals surface area contributed by atoms with Crippen LogP contribution in [0.2, 0.25) is 0 Å². The molecule has 0 saturated heterocycles. The molecule has 12 heteroatoms. The molecule has 10 nitrogen and oxygen atoms in total. The molecule has 2 aromatic carbocycles. The Labute approximate surface area is 200 Å². The number of hydrazone groups is 1. The minimum absolute atomic E-state index is 0.0428. The molecule has 1 N–H and O–H groups in total. The first-order chi connectivity index (χ1) is 15.8. The third-order valence-corrected chi connectivity index (χ3v) is 6.04. The number of nitro groups is 1. The standard InChI is InChI=1S/C21H18BrN3O7S/c1-3-31-20(26)11-32-17-9-15(22)13(7-16(17)30-2)10-23-24-21(27)19-8-12-6-14(25(28)29)4-5-18(12)33-19/h4-10H,3,11H2,1-2H3,(H,24,27)/b23-10-. The number of amides is 1. The second-order valence-corrected chi connectivity index (χ2v) is 8.35. The van der Waals surface area contributed by atoms with E-state index in [4.69, 9.17) is 14.2 Å². The quantitative estimate of drug-likeness (QED) is 0.187. The average molecular weight is 536 g/mol. The van der Waals surface area contributed by atoms with Crippen molar-refractivity contribution >= 4 is 61.1 Å². The van der Waals surface area contributed by atoms with Gasteiger partial charge in [0, 0.05) is 32.3 Å². The van der Waals surface area contributed by atoms with Crippen molar-refractivity contribution in [3.63, 3.8) is 0 Å². The molecule has 172 valence electrons. The van der Waals surface area contributed by atoms with Crippen LogP contribution in [-0.4, -0.2) is 43.3 Å². The number of thiophene rings is 1. The number of nitro benzene ring substituents is 1. The van der Waals surface area contributed by atoms with E-state index in [1.807, 2.05) is 0 Å². The zero-order chi connectivity index (χ0) is 24.0. The Bertz CT molecular complexity index is 1240. The number of fused-ring (bicyclic) bond motifs is 1. The number of rotatable bonds is 9. The maximum absolute atomic E-state index is 12.4. The summed E-state index contributed by atoms with van der Waals surface area (Å²) in [7, 11) is 1.45. The molecule has 33 heavy (non-hydrogen) atoms. The number of methoxy groups -OCH3 is 1. The lowest BCUT2D eigenvalue weighted by molar-refractivity contribution is -0.384. The largest absolute Gasteiger partial charge is 0.493 e. The highest BCUT2D eigenvalue weighted by Crippen LogP contribution is 2.33. The second kappa shape index (κ2) is 10.9. The molecule has 0 aliphatic rings. The van der Waals surface area contributed by atoms with E-state index >= 15 is 0 Å². The van der Waals surface area contributed by atoms with Crippen LogP contribution in [-0.2, 0) is 9.53 Å². The van der Waals surface area contributed by atoms with E-state index < -0.39 is 16.8 Å². The van der Waals surface area contributed by atoms with Crippen molar-refractivity contribution < 1.29 is 28.7 Å². The maximum atomic E-state index is 12.4. The predicted molar refractivity (Wildman–Crippen MR) is 126 cm³/mol. The SMILES string of the molecule is CCOC(=O)COc1cc(Br)c(/C=N\NC(=O)c2cc3cc([N+](=O)[O-])ccc3s2)cc1OC. The van der Waals surface area contributed by atoms with Gasteiger partial charge in [-0.3, -0.25) is 14.9 Å². The number of benzene rings is 2.